The van der Waals surface area contributed by atoms with Crippen molar-refractivity contribution in [3.63, 3.8) is 0 Å². The quantitative estimate of drug-likeness (QED) is 0.758. The number of hydrogen-bond acceptors (Lipinski definition) is 3. The van der Waals surface area contributed by atoms with Gasteiger partial charge in [-0.2, -0.15) is 0 Å². The Bertz CT molecular complexity index is 213. The summed E-state index contributed by atoms with van der Waals surface area (Å²) >= 11 is 0. The van der Waals surface area contributed by atoms with E-state index >= 15 is 0 Å². The standard InChI is InChI=1S/C13H24O3/c14-11-12(5-2-1-3-6-12)13(15)7-4-9-16-10-8-13/h14-15H,1-11H2. The molecule has 1 saturated carbocycles. The van der Waals surface area contributed by atoms with Crippen molar-refractivity contribution in [2.75, 3.05) is 19.8 Å². The first-order chi connectivity index (χ1) is 7.72. The van der Waals surface area contributed by atoms with Crippen LogP contribution in [0.15, 0.2) is 0 Å². The van der Waals surface area contributed by atoms with Crippen LogP contribution in [0.25, 0.3) is 0 Å². The van der Waals surface area contributed by atoms with Crippen LogP contribution < -0.4 is 0 Å². The van der Waals surface area contributed by atoms with Gasteiger partial charge in [0.1, 0.15) is 0 Å². The molecule has 1 aliphatic heterocycles. The second-order valence-corrected chi connectivity index (χ2v) is 5.50. The summed E-state index contributed by atoms with van der Waals surface area (Å²) in [5.41, 5.74) is -0.947. The van der Waals surface area contributed by atoms with Crippen molar-refractivity contribution in [1.82, 2.24) is 0 Å². The molecule has 94 valence electrons. The van der Waals surface area contributed by atoms with E-state index in [1.807, 2.05) is 0 Å². The third-order valence-corrected chi connectivity index (χ3v) is 4.64. The van der Waals surface area contributed by atoms with E-state index in [2.05, 4.69) is 0 Å². The highest BCUT2D eigenvalue weighted by atomic mass is 16.5. The van der Waals surface area contributed by atoms with Gasteiger partial charge in [0.2, 0.25) is 0 Å². The summed E-state index contributed by atoms with van der Waals surface area (Å²) in [5, 5.41) is 20.6. The number of ether oxygens (including phenoxy) is 1. The molecule has 3 nitrogen and oxygen atoms in total. The van der Waals surface area contributed by atoms with E-state index in [4.69, 9.17) is 4.74 Å². The molecule has 2 fully saturated rings. The Kier molecular flexibility index (Phi) is 3.88. The van der Waals surface area contributed by atoms with Crippen molar-refractivity contribution in [3.8, 4) is 0 Å². The highest BCUT2D eigenvalue weighted by molar-refractivity contribution is 5.00. The SMILES string of the molecule is OCC1(C2(O)CCCOCC2)CCCCC1. The molecule has 0 aromatic rings. The number of hydrogen-bond donors (Lipinski definition) is 2. The Balaban J connectivity index is 2.16. The molecule has 1 unspecified atom stereocenters. The minimum Gasteiger partial charge on any atom is -0.396 e. The predicted octanol–water partition coefficient (Wildman–Crippen LogP) is 1.86. The molecule has 1 heterocycles. The summed E-state index contributed by atoms with van der Waals surface area (Å²) < 4.78 is 5.43. The van der Waals surface area contributed by atoms with Crippen LogP contribution in [-0.2, 0) is 4.74 Å². The summed E-state index contributed by atoms with van der Waals surface area (Å²) in [7, 11) is 0. The van der Waals surface area contributed by atoms with Crippen LogP contribution in [0.3, 0.4) is 0 Å². The minimum absolute atomic E-state index is 0.128. The van der Waals surface area contributed by atoms with E-state index < -0.39 is 5.60 Å². The monoisotopic (exact) mass is 228 g/mol. The molecule has 0 bridgehead atoms. The molecule has 2 aliphatic rings. The molecule has 2 N–H and O–H groups in total. The topological polar surface area (TPSA) is 49.7 Å². The minimum atomic E-state index is -0.696. The lowest BCUT2D eigenvalue weighted by molar-refractivity contribution is -0.136. The molecule has 0 aromatic heterocycles. The maximum Gasteiger partial charge on any atom is 0.0748 e. The predicted molar refractivity (Wildman–Crippen MR) is 62.2 cm³/mol. The Morgan fingerprint density at radius 1 is 0.875 bits per heavy atom. The lowest BCUT2D eigenvalue weighted by atomic mass is 9.61. The van der Waals surface area contributed by atoms with E-state index in [1.54, 1.807) is 0 Å². The van der Waals surface area contributed by atoms with Gasteiger partial charge in [-0.05, 0) is 25.7 Å². The zero-order chi connectivity index (χ0) is 11.5. The fourth-order valence-corrected chi connectivity index (χ4v) is 3.46. The summed E-state index contributed by atoms with van der Waals surface area (Å²) in [6, 6.07) is 0. The molecule has 3 heteroatoms. The first-order valence-electron chi connectivity index (χ1n) is 6.63. The average Bonchev–Trinajstić information content (AvgIpc) is 2.56. The largest absolute Gasteiger partial charge is 0.396 e. The molecular formula is C13H24O3. The first kappa shape index (κ1) is 12.3. The lowest BCUT2D eigenvalue weighted by Gasteiger charge is -2.48. The maximum absolute atomic E-state index is 10.9. The van der Waals surface area contributed by atoms with Crippen LogP contribution in [0, 0.1) is 5.41 Å². The van der Waals surface area contributed by atoms with Crippen molar-refractivity contribution < 1.29 is 14.9 Å². The molecule has 1 aliphatic carbocycles. The third kappa shape index (κ3) is 2.13. The van der Waals surface area contributed by atoms with Crippen LogP contribution in [0.2, 0.25) is 0 Å². The highest BCUT2D eigenvalue weighted by Crippen LogP contribution is 2.48. The average molecular weight is 228 g/mol. The van der Waals surface area contributed by atoms with E-state index in [0.29, 0.717) is 13.0 Å². The summed E-state index contributed by atoms with van der Waals surface area (Å²) in [5.74, 6) is 0. The summed E-state index contributed by atoms with van der Waals surface area (Å²) in [6.45, 7) is 1.52. The molecule has 1 atom stereocenters. The molecule has 0 radical (unpaired) electrons. The Morgan fingerprint density at radius 3 is 2.31 bits per heavy atom. The van der Waals surface area contributed by atoms with Crippen molar-refractivity contribution in [2.24, 2.45) is 5.41 Å². The molecule has 1 saturated heterocycles. The zero-order valence-electron chi connectivity index (χ0n) is 10.1. The van der Waals surface area contributed by atoms with E-state index in [1.165, 1.54) is 6.42 Å². The normalized spacial score (nSPS) is 35.6. The fraction of sp³-hybridized carbons (Fsp3) is 1.00. The van der Waals surface area contributed by atoms with Gasteiger partial charge >= 0.3 is 0 Å². The number of aliphatic hydroxyl groups is 2. The van der Waals surface area contributed by atoms with Crippen molar-refractivity contribution in [2.45, 2.75) is 57.0 Å². The van der Waals surface area contributed by atoms with E-state index in [9.17, 15) is 10.2 Å². The lowest BCUT2D eigenvalue weighted by Crippen LogP contribution is -2.52. The summed E-state index contributed by atoms with van der Waals surface area (Å²) in [6.07, 6.45) is 7.86. The molecule has 0 spiro atoms. The van der Waals surface area contributed by atoms with Gasteiger partial charge in [0.15, 0.2) is 0 Å². The van der Waals surface area contributed by atoms with Gasteiger partial charge in [-0.1, -0.05) is 19.3 Å². The summed E-state index contributed by atoms with van der Waals surface area (Å²) in [4.78, 5) is 0. The smallest absolute Gasteiger partial charge is 0.0748 e. The van der Waals surface area contributed by atoms with Gasteiger partial charge in [-0.25, -0.2) is 0 Å². The molecular weight excluding hydrogens is 204 g/mol. The van der Waals surface area contributed by atoms with Gasteiger partial charge in [-0.3, -0.25) is 0 Å². The van der Waals surface area contributed by atoms with Crippen LogP contribution >= 0.6 is 0 Å². The molecule has 2 rings (SSSR count). The third-order valence-electron chi connectivity index (χ3n) is 4.64. The van der Waals surface area contributed by atoms with Crippen LogP contribution in [0.4, 0.5) is 0 Å². The van der Waals surface area contributed by atoms with Crippen LogP contribution in [-0.4, -0.2) is 35.6 Å². The second kappa shape index (κ2) is 5.03. The van der Waals surface area contributed by atoms with E-state index in [0.717, 1.165) is 45.1 Å². The van der Waals surface area contributed by atoms with Gasteiger partial charge in [0.25, 0.3) is 0 Å². The van der Waals surface area contributed by atoms with Crippen LogP contribution in [0.5, 0.6) is 0 Å². The first-order valence-corrected chi connectivity index (χ1v) is 6.63. The molecule has 0 amide bonds. The molecule has 0 aromatic carbocycles. The Morgan fingerprint density at radius 2 is 1.62 bits per heavy atom. The fourth-order valence-electron chi connectivity index (χ4n) is 3.46. The van der Waals surface area contributed by atoms with Crippen molar-refractivity contribution in [3.05, 3.63) is 0 Å². The van der Waals surface area contributed by atoms with Gasteiger partial charge < -0.3 is 14.9 Å². The van der Waals surface area contributed by atoms with Crippen molar-refractivity contribution in [1.29, 1.82) is 0 Å². The van der Waals surface area contributed by atoms with Gasteiger partial charge in [0, 0.05) is 25.0 Å². The number of rotatable bonds is 2. The zero-order valence-corrected chi connectivity index (χ0v) is 10.1. The second-order valence-electron chi connectivity index (χ2n) is 5.50. The Hall–Kier alpha value is -0.120. The van der Waals surface area contributed by atoms with Crippen LogP contribution in [0.1, 0.15) is 51.4 Å². The highest BCUT2D eigenvalue weighted by Gasteiger charge is 2.49. The van der Waals surface area contributed by atoms with E-state index in [-0.39, 0.29) is 12.0 Å². The van der Waals surface area contributed by atoms with Gasteiger partial charge in [0.05, 0.1) is 12.2 Å². The molecule has 16 heavy (non-hydrogen) atoms. The van der Waals surface area contributed by atoms with Gasteiger partial charge in [-0.15, -0.1) is 0 Å². The number of aliphatic hydroxyl groups excluding tert-OH is 1. The van der Waals surface area contributed by atoms with Crippen molar-refractivity contribution >= 4 is 0 Å². The maximum atomic E-state index is 10.9. The Labute approximate surface area is 97.8 Å².